The molecule has 1 aliphatic heterocycles. The Morgan fingerprint density at radius 1 is 1.11 bits per heavy atom. The maximum Gasteiger partial charge on any atom is 0.337 e. The van der Waals surface area contributed by atoms with Gasteiger partial charge in [-0.15, -0.1) is 0 Å². The standard InChI is InChI=1S/C26H20N2O7S/c1-13-7-10-18(35-13)22(29)20-21(14-5-4-6-15(11-14)25(32)34-3)28(24(31)23(20)30)26-27-17-9-8-16(33-2)12-19(17)36-26/h4-12,21,30H,1-3H3. The second kappa shape index (κ2) is 8.97. The number of aromatic nitrogens is 1. The van der Waals surface area contributed by atoms with E-state index < -0.39 is 29.5 Å². The molecule has 1 N–H and O–H groups in total. The molecule has 3 heterocycles. The van der Waals surface area contributed by atoms with Crippen molar-refractivity contribution in [1.82, 2.24) is 4.98 Å². The summed E-state index contributed by atoms with van der Waals surface area (Å²) >= 11 is 1.21. The lowest BCUT2D eigenvalue weighted by Gasteiger charge is -2.24. The summed E-state index contributed by atoms with van der Waals surface area (Å²) in [5, 5.41) is 11.2. The van der Waals surface area contributed by atoms with Crippen LogP contribution in [0.1, 0.15) is 38.3 Å². The Balaban J connectivity index is 1.68. The highest BCUT2D eigenvalue weighted by atomic mass is 32.1. The average molecular weight is 505 g/mol. The lowest BCUT2D eigenvalue weighted by molar-refractivity contribution is -0.117. The number of aryl methyl sites for hydroxylation is 1. The smallest absolute Gasteiger partial charge is 0.337 e. The van der Waals surface area contributed by atoms with Gasteiger partial charge < -0.3 is 19.0 Å². The third-order valence-corrected chi connectivity index (χ3v) is 6.85. The lowest BCUT2D eigenvalue weighted by atomic mass is 9.94. The first-order valence-electron chi connectivity index (χ1n) is 10.8. The minimum Gasteiger partial charge on any atom is -0.503 e. The summed E-state index contributed by atoms with van der Waals surface area (Å²) in [5.41, 5.74) is 1.09. The molecule has 0 saturated heterocycles. The summed E-state index contributed by atoms with van der Waals surface area (Å²) in [6.07, 6.45) is 0. The summed E-state index contributed by atoms with van der Waals surface area (Å²) in [5.74, 6) is -1.62. The number of methoxy groups -OCH3 is 2. The van der Waals surface area contributed by atoms with Gasteiger partial charge in [0.1, 0.15) is 11.5 Å². The topological polar surface area (TPSA) is 119 Å². The first kappa shape index (κ1) is 23.3. The van der Waals surface area contributed by atoms with Crippen LogP contribution in [0.4, 0.5) is 5.13 Å². The fraction of sp³-hybridized carbons (Fsp3) is 0.154. The number of Topliss-reactive ketones (excluding diaryl/α,β-unsaturated/α-hetero) is 1. The zero-order valence-corrected chi connectivity index (χ0v) is 20.3. The monoisotopic (exact) mass is 504 g/mol. The molecule has 0 radical (unpaired) electrons. The Hall–Kier alpha value is -4.44. The molecular weight excluding hydrogens is 484 g/mol. The number of rotatable bonds is 6. The number of carbonyl (C=O) groups is 3. The van der Waals surface area contributed by atoms with E-state index in [1.165, 1.54) is 35.5 Å². The van der Waals surface area contributed by atoms with Crippen LogP contribution in [-0.2, 0) is 9.53 Å². The maximum atomic E-state index is 13.5. The predicted octanol–water partition coefficient (Wildman–Crippen LogP) is 4.78. The molecule has 36 heavy (non-hydrogen) atoms. The average Bonchev–Trinajstić information content (AvgIpc) is 3.58. The SMILES string of the molecule is COC(=O)c1cccc(C2C(C(=O)c3ccc(C)o3)=C(O)C(=O)N2c2nc3ccc(OC)cc3s2)c1. The molecule has 1 aliphatic rings. The minimum atomic E-state index is -1.07. The van der Waals surface area contributed by atoms with Crippen molar-refractivity contribution in [3.05, 3.63) is 88.6 Å². The second-order valence-corrected chi connectivity index (χ2v) is 9.04. The third-order valence-electron chi connectivity index (χ3n) is 5.83. The number of hydrogen-bond acceptors (Lipinski definition) is 9. The van der Waals surface area contributed by atoms with E-state index in [-0.39, 0.29) is 22.0 Å². The Morgan fingerprint density at radius 3 is 2.61 bits per heavy atom. The summed E-state index contributed by atoms with van der Waals surface area (Å²) in [7, 11) is 2.81. The first-order chi connectivity index (χ1) is 17.3. The van der Waals surface area contributed by atoms with Gasteiger partial charge in [0, 0.05) is 0 Å². The number of thiazole rings is 1. The first-order valence-corrected chi connectivity index (χ1v) is 11.6. The minimum absolute atomic E-state index is 0.0214. The van der Waals surface area contributed by atoms with E-state index in [0.717, 1.165) is 4.70 Å². The van der Waals surface area contributed by atoms with E-state index in [1.54, 1.807) is 56.5 Å². The number of esters is 1. The number of anilines is 1. The molecule has 1 amide bonds. The molecule has 4 aromatic rings. The molecule has 10 heteroatoms. The van der Waals surface area contributed by atoms with E-state index in [2.05, 4.69) is 4.98 Å². The van der Waals surface area contributed by atoms with Gasteiger partial charge in [0.05, 0.1) is 41.6 Å². The largest absolute Gasteiger partial charge is 0.503 e. The molecule has 182 valence electrons. The summed E-state index contributed by atoms with van der Waals surface area (Å²) in [6.45, 7) is 1.68. The number of benzene rings is 2. The molecule has 0 fully saturated rings. The van der Waals surface area contributed by atoms with Crippen molar-refractivity contribution in [2.45, 2.75) is 13.0 Å². The predicted molar refractivity (Wildman–Crippen MR) is 132 cm³/mol. The van der Waals surface area contributed by atoms with Gasteiger partial charge in [-0.25, -0.2) is 9.78 Å². The third kappa shape index (κ3) is 3.81. The molecule has 2 aromatic carbocycles. The normalized spacial score (nSPS) is 15.6. The van der Waals surface area contributed by atoms with Crippen LogP contribution in [0.3, 0.4) is 0 Å². The molecule has 9 nitrogen and oxygen atoms in total. The molecule has 0 spiro atoms. The zero-order valence-electron chi connectivity index (χ0n) is 19.5. The van der Waals surface area contributed by atoms with Crippen molar-refractivity contribution in [3.8, 4) is 5.75 Å². The lowest BCUT2D eigenvalue weighted by Crippen LogP contribution is -2.31. The molecule has 0 saturated carbocycles. The fourth-order valence-corrected chi connectivity index (χ4v) is 5.14. The molecule has 0 aliphatic carbocycles. The number of hydrogen-bond donors (Lipinski definition) is 1. The highest BCUT2D eigenvalue weighted by Crippen LogP contribution is 2.44. The zero-order chi connectivity index (χ0) is 25.6. The highest BCUT2D eigenvalue weighted by molar-refractivity contribution is 7.22. The van der Waals surface area contributed by atoms with Crippen LogP contribution < -0.4 is 9.64 Å². The van der Waals surface area contributed by atoms with Crippen molar-refractivity contribution < 1.29 is 33.4 Å². The molecule has 0 bridgehead atoms. The molecule has 5 rings (SSSR count). The van der Waals surface area contributed by atoms with E-state index in [1.807, 2.05) is 0 Å². The van der Waals surface area contributed by atoms with E-state index in [4.69, 9.17) is 13.9 Å². The van der Waals surface area contributed by atoms with Crippen LogP contribution in [0.25, 0.3) is 10.2 Å². The number of carbonyl (C=O) groups excluding carboxylic acids is 3. The van der Waals surface area contributed by atoms with Gasteiger partial charge in [-0.3, -0.25) is 14.5 Å². The quantitative estimate of drug-likeness (QED) is 0.294. The number of furan rings is 1. The number of amides is 1. The molecule has 1 unspecified atom stereocenters. The van der Waals surface area contributed by atoms with E-state index >= 15 is 0 Å². The van der Waals surface area contributed by atoms with E-state index in [0.29, 0.717) is 22.6 Å². The Labute approximate surface area is 209 Å². The number of ether oxygens (including phenoxy) is 2. The van der Waals surface area contributed by atoms with Crippen molar-refractivity contribution in [2.75, 3.05) is 19.1 Å². The number of aliphatic hydroxyl groups is 1. The molecular formula is C26H20N2O7S. The molecule has 2 aromatic heterocycles. The summed E-state index contributed by atoms with van der Waals surface area (Å²) in [4.78, 5) is 44.9. The van der Waals surface area contributed by atoms with Crippen LogP contribution in [0.15, 0.2) is 70.3 Å². The van der Waals surface area contributed by atoms with Gasteiger partial charge >= 0.3 is 5.97 Å². The van der Waals surface area contributed by atoms with Gasteiger partial charge in [0.15, 0.2) is 16.7 Å². The Kier molecular flexibility index (Phi) is 5.81. The number of ketones is 1. The van der Waals surface area contributed by atoms with Gasteiger partial charge in [0.25, 0.3) is 5.91 Å². The van der Waals surface area contributed by atoms with Crippen LogP contribution in [0, 0.1) is 6.92 Å². The number of aliphatic hydroxyl groups excluding tert-OH is 1. The van der Waals surface area contributed by atoms with Gasteiger partial charge in [-0.05, 0) is 55.0 Å². The van der Waals surface area contributed by atoms with E-state index in [9.17, 15) is 19.5 Å². The molecule has 1 atom stereocenters. The summed E-state index contributed by atoms with van der Waals surface area (Å²) < 4.78 is 16.4. The highest BCUT2D eigenvalue weighted by Gasteiger charge is 2.46. The van der Waals surface area contributed by atoms with Gasteiger partial charge in [0.2, 0.25) is 5.78 Å². The summed E-state index contributed by atoms with van der Waals surface area (Å²) in [6, 6.07) is 13.7. The van der Waals surface area contributed by atoms with Crippen molar-refractivity contribution in [3.63, 3.8) is 0 Å². The van der Waals surface area contributed by atoms with Crippen molar-refractivity contribution in [2.24, 2.45) is 0 Å². The number of fused-ring (bicyclic) bond motifs is 1. The Morgan fingerprint density at radius 2 is 1.92 bits per heavy atom. The van der Waals surface area contributed by atoms with Crippen LogP contribution in [0.5, 0.6) is 5.75 Å². The van der Waals surface area contributed by atoms with Crippen LogP contribution in [0.2, 0.25) is 0 Å². The van der Waals surface area contributed by atoms with Gasteiger partial charge in [-0.1, -0.05) is 23.5 Å². The van der Waals surface area contributed by atoms with Crippen LogP contribution in [-0.4, -0.2) is 42.0 Å². The van der Waals surface area contributed by atoms with Crippen LogP contribution >= 0.6 is 11.3 Å². The van der Waals surface area contributed by atoms with Gasteiger partial charge in [-0.2, -0.15) is 0 Å². The second-order valence-electron chi connectivity index (χ2n) is 8.03. The Bertz CT molecular complexity index is 1570. The maximum absolute atomic E-state index is 13.5. The number of nitrogens with zero attached hydrogens (tertiary/aromatic N) is 2. The van der Waals surface area contributed by atoms with Crippen molar-refractivity contribution in [1.29, 1.82) is 0 Å². The van der Waals surface area contributed by atoms with Crippen molar-refractivity contribution >= 4 is 44.3 Å². The fourth-order valence-electron chi connectivity index (χ4n) is 4.12.